The molecule has 2 N–H and O–H groups in total. The molecule has 0 atom stereocenters. The molecule has 1 aromatic carbocycles. The second-order valence-electron chi connectivity index (χ2n) is 2.71. The maximum absolute atomic E-state index is 9.48. The molecule has 0 saturated carbocycles. The Kier molecular flexibility index (Phi) is 1.84. The standard InChI is InChI=1S/C9H7BrN2O/c10-7-5-12(13)8-4-2-1-3-6(8)9(7)11/h1-5,11,13H. The Labute approximate surface area is 82.8 Å². The smallest absolute Gasteiger partial charge is 0.0887 e. The Morgan fingerprint density at radius 1 is 1.31 bits per heavy atom. The van der Waals surface area contributed by atoms with Gasteiger partial charge < -0.3 is 5.21 Å². The number of nitrogens with zero attached hydrogens (tertiary/aromatic N) is 1. The van der Waals surface area contributed by atoms with E-state index in [4.69, 9.17) is 5.41 Å². The van der Waals surface area contributed by atoms with Crippen molar-refractivity contribution in [3.05, 3.63) is 40.3 Å². The molecule has 0 amide bonds. The number of hydrogen-bond acceptors (Lipinski definition) is 2. The Bertz CT molecular complexity index is 518. The van der Waals surface area contributed by atoms with Crippen LogP contribution in [0.25, 0.3) is 10.9 Å². The van der Waals surface area contributed by atoms with Gasteiger partial charge in [0.15, 0.2) is 0 Å². The summed E-state index contributed by atoms with van der Waals surface area (Å²) in [5.41, 5.74) is 0.635. The Balaban J connectivity index is 3.06. The molecule has 2 rings (SSSR count). The van der Waals surface area contributed by atoms with Gasteiger partial charge in [0.2, 0.25) is 0 Å². The third-order valence-electron chi connectivity index (χ3n) is 1.89. The highest BCUT2D eigenvalue weighted by atomic mass is 79.9. The summed E-state index contributed by atoms with van der Waals surface area (Å²) in [7, 11) is 0. The number of nitrogens with one attached hydrogen (secondary N) is 1. The highest BCUT2D eigenvalue weighted by Crippen LogP contribution is 2.12. The van der Waals surface area contributed by atoms with Gasteiger partial charge in [0.25, 0.3) is 0 Å². The minimum absolute atomic E-state index is 0.390. The highest BCUT2D eigenvalue weighted by molar-refractivity contribution is 9.10. The molecule has 3 nitrogen and oxygen atoms in total. The monoisotopic (exact) mass is 238 g/mol. The molecule has 66 valence electrons. The molecular weight excluding hydrogens is 232 g/mol. The van der Waals surface area contributed by atoms with E-state index >= 15 is 0 Å². The van der Waals surface area contributed by atoms with Crippen molar-refractivity contribution in [2.45, 2.75) is 0 Å². The molecule has 0 spiro atoms. The first-order chi connectivity index (χ1) is 6.20. The molecule has 4 heteroatoms. The summed E-state index contributed by atoms with van der Waals surface area (Å²) < 4.78 is 1.59. The predicted octanol–water partition coefficient (Wildman–Crippen LogP) is 2.12. The van der Waals surface area contributed by atoms with E-state index < -0.39 is 0 Å². The van der Waals surface area contributed by atoms with E-state index in [-0.39, 0.29) is 0 Å². The van der Waals surface area contributed by atoms with Crippen LogP contribution >= 0.6 is 15.9 Å². The summed E-state index contributed by atoms with van der Waals surface area (Å²) in [6, 6.07) is 7.23. The zero-order valence-electron chi connectivity index (χ0n) is 6.66. The average Bonchev–Trinajstić information content (AvgIpc) is 2.15. The summed E-state index contributed by atoms with van der Waals surface area (Å²) >= 11 is 3.20. The van der Waals surface area contributed by atoms with Gasteiger partial charge in [0, 0.05) is 5.39 Å². The van der Waals surface area contributed by atoms with Gasteiger partial charge in [0.05, 0.1) is 21.5 Å². The van der Waals surface area contributed by atoms with Crippen LogP contribution in [-0.2, 0) is 0 Å². The zero-order chi connectivity index (χ0) is 9.42. The van der Waals surface area contributed by atoms with Crippen LogP contribution in [0.1, 0.15) is 0 Å². The van der Waals surface area contributed by atoms with Crippen molar-refractivity contribution in [1.82, 2.24) is 4.73 Å². The van der Waals surface area contributed by atoms with Crippen LogP contribution in [0.5, 0.6) is 0 Å². The fourth-order valence-electron chi connectivity index (χ4n) is 1.25. The molecule has 0 aliphatic rings. The normalized spacial score (nSPS) is 10.5. The molecule has 1 aromatic heterocycles. The van der Waals surface area contributed by atoms with Crippen molar-refractivity contribution in [3.63, 3.8) is 0 Å². The van der Waals surface area contributed by atoms with E-state index in [1.807, 2.05) is 12.1 Å². The molecule has 1 heterocycles. The van der Waals surface area contributed by atoms with Crippen LogP contribution in [0, 0.1) is 5.41 Å². The summed E-state index contributed by atoms with van der Waals surface area (Å²) in [6.07, 6.45) is 1.46. The molecular formula is C9H7BrN2O. The number of rotatable bonds is 0. The molecule has 13 heavy (non-hydrogen) atoms. The van der Waals surface area contributed by atoms with Gasteiger partial charge in [0.1, 0.15) is 0 Å². The van der Waals surface area contributed by atoms with E-state index in [0.29, 0.717) is 15.3 Å². The van der Waals surface area contributed by atoms with Crippen LogP contribution in [0.15, 0.2) is 34.9 Å². The largest absolute Gasteiger partial charge is 0.428 e. The van der Waals surface area contributed by atoms with E-state index in [1.165, 1.54) is 6.20 Å². The van der Waals surface area contributed by atoms with E-state index in [2.05, 4.69) is 15.9 Å². The van der Waals surface area contributed by atoms with E-state index in [9.17, 15) is 5.21 Å². The number of hydrogen-bond donors (Lipinski definition) is 2. The first-order valence-electron chi connectivity index (χ1n) is 3.74. The number of aromatic nitrogens is 1. The Morgan fingerprint density at radius 3 is 2.77 bits per heavy atom. The number of para-hydroxylation sites is 1. The fourth-order valence-corrected chi connectivity index (χ4v) is 1.66. The number of halogens is 1. The van der Waals surface area contributed by atoms with Crippen LogP contribution in [-0.4, -0.2) is 9.94 Å². The van der Waals surface area contributed by atoms with Crippen LogP contribution in [0.2, 0.25) is 0 Å². The second kappa shape index (κ2) is 2.88. The third kappa shape index (κ3) is 1.23. The van der Waals surface area contributed by atoms with Crippen molar-refractivity contribution in [1.29, 1.82) is 5.41 Å². The van der Waals surface area contributed by atoms with Crippen molar-refractivity contribution in [2.75, 3.05) is 0 Å². The zero-order valence-corrected chi connectivity index (χ0v) is 8.25. The lowest BCUT2D eigenvalue weighted by Gasteiger charge is -2.04. The number of pyridine rings is 1. The summed E-state index contributed by atoms with van der Waals surface area (Å²) in [6.45, 7) is 0. The number of benzene rings is 1. The topological polar surface area (TPSA) is 49.0 Å². The summed E-state index contributed by atoms with van der Waals surface area (Å²) in [4.78, 5) is 0. The van der Waals surface area contributed by atoms with Crippen LogP contribution < -0.4 is 5.36 Å². The average molecular weight is 239 g/mol. The van der Waals surface area contributed by atoms with E-state index in [0.717, 1.165) is 10.1 Å². The summed E-state index contributed by atoms with van der Waals surface area (Å²) in [5.74, 6) is 0. The van der Waals surface area contributed by atoms with Gasteiger partial charge in [-0.2, -0.15) is 4.73 Å². The maximum atomic E-state index is 9.48. The molecule has 0 bridgehead atoms. The summed E-state index contributed by atoms with van der Waals surface area (Å²) in [5, 5.41) is 18.3. The van der Waals surface area contributed by atoms with Gasteiger partial charge in [-0.3, -0.25) is 5.41 Å². The molecule has 2 aromatic rings. The SMILES string of the molecule is N=c1c(Br)cn(O)c2ccccc12. The molecule has 0 aliphatic carbocycles. The molecule has 0 fully saturated rings. The minimum Gasteiger partial charge on any atom is -0.428 e. The van der Waals surface area contributed by atoms with Gasteiger partial charge in [-0.1, -0.05) is 18.2 Å². The van der Waals surface area contributed by atoms with Crippen molar-refractivity contribution < 1.29 is 5.21 Å². The Morgan fingerprint density at radius 2 is 2.00 bits per heavy atom. The predicted molar refractivity (Wildman–Crippen MR) is 52.7 cm³/mol. The molecule has 0 saturated heterocycles. The maximum Gasteiger partial charge on any atom is 0.0887 e. The Hall–Kier alpha value is -1.29. The second-order valence-corrected chi connectivity index (χ2v) is 3.57. The lowest BCUT2D eigenvalue weighted by Crippen LogP contribution is -2.08. The van der Waals surface area contributed by atoms with Gasteiger partial charge in [-0.05, 0) is 22.0 Å². The highest BCUT2D eigenvalue weighted by Gasteiger charge is 2.01. The molecule has 0 radical (unpaired) electrons. The van der Waals surface area contributed by atoms with Gasteiger partial charge in [-0.15, -0.1) is 0 Å². The number of fused-ring (bicyclic) bond motifs is 1. The van der Waals surface area contributed by atoms with Crippen molar-refractivity contribution in [2.24, 2.45) is 0 Å². The molecule has 0 aliphatic heterocycles. The minimum atomic E-state index is 0.390. The lowest BCUT2D eigenvalue weighted by molar-refractivity contribution is 0.197. The lowest BCUT2D eigenvalue weighted by atomic mass is 10.2. The van der Waals surface area contributed by atoms with Gasteiger partial charge in [-0.25, -0.2) is 0 Å². The first-order valence-corrected chi connectivity index (χ1v) is 4.53. The molecule has 0 unspecified atom stereocenters. The fraction of sp³-hybridized carbons (Fsp3) is 0. The van der Waals surface area contributed by atoms with Crippen molar-refractivity contribution >= 4 is 26.8 Å². The van der Waals surface area contributed by atoms with Crippen LogP contribution in [0.3, 0.4) is 0 Å². The van der Waals surface area contributed by atoms with Crippen LogP contribution in [0.4, 0.5) is 0 Å². The van der Waals surface area contributed by atoms with Gasteiger partial charge >= 0.3 is 0 Å². The van der Waals surface area contributed by atoms with E-state index in [1.54, 1.807) is 12.1 Å². The quantitative estimate of drug-likeness (QED) is 0.679. The van der Waals surface area contributed by atoms with Crippen molar-refractivity contribution in [3.8, 4) is 0 Å². The first kappa shape index (κ1) is 8.31. The third-order valence-corrected chi connectivity index (χ3v) is 2.50.